The quantitative estimate of drug-likeness (QED) is 0.534. The van der Waals surface area contributed by atoms with Crippen molar-refractivity contribution < 1.29 is 9.53 Å². The highest BCUT2D eigenvalue weighted by molar-refractivity contribution is 6.30. The second kappa shape index (κ2) is 10.3. The Hall–Kier alpha value is -2.74. The van der Waals surface area contributed by atoms with Gasteiger partial charge >= 0.3 is 0 Å². The van der Waals surface area contributed by atoms with Crippen LogP contribution in [0.25, 0.3) is 10.9 Å². The van der Waals surface area contributed by atoms with E-state index in [2.05, 4.69) is 10.2 Å². The Morgan fingerprint density at radius 2 is 1.85 bits per heavy atom. The Balaban J connectivity index is 1.27. The number of aromatic nitrogens is 2. The van der Waals surface area contributed by atoms with Gasteiger partial charge in [-0.15, -0.1) is 0 Å². The van der Waals surface area contributed by atoms with E-state index in [9.17, 15) is 9.59 Å². The minimum atomic E-state index is -0.0445. The van der Waals surface area contributed by atoms with E-state index >= 15 is 0 Å². The minimum Gasteiger partial charge on any atom is -0.379 e. The molecule has 1 aromatic heterocycles. The SMILES string of the molecule is O=C(CCc1nc2ccccc2c(=O)n1C1CC1)NCC(c1ccc(Cl)cc1)N1CCOCC1. The van der Waals surface area contributed by atoms with Crippen molar-refractivity contribution in [2.45, 2.75) is 37.8 Å². The number of aryl methyl sites for hydroxylation is 1. The van der Waals surface area contributed by atoms with Crippen LogP contribution < -0.4 is 10.9 Å². The number of carbonyl (C=O) groups excluding carboxylic acids is 1. The van der Waals surface area contributed by atoms with Gasteiger partial charge in [0.05, 0.1) is 30.2 Å². The zero-order valence-corrected chi connectivity index (χ0v) is 19.8. The van der Waals surface area contributed by atoms with Gasteiger partial charge in [0.2, 0.25) is 5.91 Å². The van der Waals surface area contributed by atoms with Crippen molar-refractivity contribution in [3.05, 3.63) is 75.3 Å². The predicted molar refractivity (Wildman–Crippen MR) is 132 cm³/mol. The monoisotopic (exact) mass is 480 g/mol. The molecule has 1 atom stereocenters. The molecule has 1 saturated heterocycles. The first kappa shape index (κ1) is 23.0. The Morgan fingerprint density at radius 3 is 2.59 bits per heavy atom. The van der Waals surface area contributed by atoms with Gasteiger partial charge in [0, 0.05) is 43.5 Å². The number of nitrogens with one attached hydrogen (secondary N) is 1. The molecular weight excluding hydrogens is 452 g/mol. The maximum absolute atomic E-state index is 13.0. The van der Waals surface area contributed by atoms with Gasteiger partial charge < -0.3 is 10.1 Å². The number of halogens is 1. The van der Waals surface area contributed by atoms with Crippen LogP contribution in [0.1, 0.15) is 42.7 Å². The number of hydrogen-bond acceptors (Lipinski definition) is 5. The molecule has 0 spiro atoms. The van der Waals surface area contributed by atoms with Gasteiger partial charge in [0.1, 0.15) is 5.82 Å². The van der Waals surface area contributed by atoms with Crippen LogP contribution in [-0.4, -0.2) is 53.2 Å². The van der Waals surface area contributed by atoms with Crippen LogP contribution in [0.15, 0.2) is 53.3 Å². The third kappa shape index (κ3) is 5.17. The van der Waals surface area contributed by atoms with Crippen LogP contribution in [0.5, 0.6) is 0 Å². The molecule has 5 rings (SSSR count). The average Bonchev–Trinajstić information content (AvgIpc) is 3.70. The minimum absolute atomic E-state index is 0.00127. The van der Waals surface area contributed by atoms with E-state index in [1.807, 2.05) is 48.5 Å². The number of ether oxygens (including phenoxy) is 1. The smallest absolute Gasteiger partial charge is 0.261 e. The van der Waals surface area contributed by atoms with E-state index in [4.69, 9.17) is 21.3 Å². The van der Waals surface area contributed by atoms with E-state index in [1.165, 1.54) is 0 Å². The topological polar surface area (TPSA) is 76.5 Å². The first-order chi connectivity index (χ1) is 16.6. The van der Waals surface area contributed by atoms with Gasteiger partial charge in [0.15, 0.2) is 0 Å². The lowest BCUT2D eigenvalue weighted by Gasteiger charge is -2.35. The van der Waals surface area contributed by atoms with Crippen LogP contribution in [0.3, 0.4) is 0 Å². The fourth-order valence-corrected chi connectivity index (χ4v) is 4.76. The summed E-state index contributed by atoms with van der Waals surface area (Å²) in [4.78, 5) is 33.0. The number of para-hydroxylation sites is 1. The van der Waals surface area contributed by atoms with Gasteiger partial charge in [-0.3, -0.25) is 19.1 Å². The van der Waals surface area contributed by atoms with Gasteiger partial charge in [-0.25, -0.2) is 4.98 Å². The molecule has 8 heteroatoms. The van der Waals surface area contributed by atoms with E-state index in [-0.39, 0.29) is 30.0 Å². The molecule has 2 aromatic carbocycles. The summed E-state index contributed by atoms with van der Waals surface area (Å²) < 4.78 is 7.31. The zero-order valence-electron chi connectivity index (χ0n) is 19.1. The van der Waals surface area contributed by atoms with E-state index in [0.717, 1.165) is 31.5 Å². The Labute approximate surface area is 203 Å². The van der Waals surface area contributed by atoms with Crippen LogP contribution in [-0.2, 0) is 16.0 Å². The summed E-state index contributed by atoms with van der Waals surface area (Å²) in [6.07, 6.45) is 2.70. The maximum atomic E-state index is 13.0. The molecule has 3 aromatic rings. The lowest BCUT2D eigenvalue weighted by molar-refractivity contribution is -0.121. The van der Waals surface area contributed by atoms with Crippen molar-refractivity contribution in [1.29, 1.82) is 0 Å². The molecular formula is C26H29ClN4O3. The molecule has 34 heavy (non-hydrogen) atoms. The third-order valence-electron chi connectivity index (χ3n) is 6.60. The second-order valence-corrected chi connectivity index (χ2v) is 9.41. The summed E-state index contributed by atoms with van der Waals surface area (Å²) in [5, 5.41) is 4.44. The van der Waals surface area contributed by atoms with Crippen molar-refractivity contribution in [2.75, 3.05) is 32.8 Å². The van der Waals surface area contributed by atoms with Gasteiger partial charge in [0.25, 0.3) is 5.56 Å². The van der Waals surface area contributed by atoms with E-state index in [1.54, 1.807) is 4.57 Å². The van der Waals surface area contributed by atoms with Crippen molar-refractivity contribution in [2.24, 2.45) is 0 Å². The van der Waals surface area contributed by atoms with Gasteiger partial charge in [-0.2, -0.15) is 0 Å². The lowest BCUT2D eigenvalue weighted by atomic mass is 10.0. The fraction of sp³-hybridized carbons (Fsp3) is 0.423. The Kier molecular flexibility index (Phi) is 6.94. The normalized spacial score (nSPS) is 17.6. The largest absolute Gasteiger partial charge is 0.379 e. The average molecular weight is 481 g/mol. The summed E-state index contributed by atoms with van der Waals surface area (Å²) in [5.41, 5.74) is 1.80. The van der Waals surface area contributed by atoms with Gasteiger partial charge in [-0.1, -0.05) is 35.9 Å². The molecule has 178 valence electrons. The molecule has 2 fully saturated rings. The molecule has 1 aliphatic heterocycles. The number of nitrogens with zero attached hydrogens (tertiary/aromatic N) is 3. The number of hydrogen-bond donors (Lipinski definition) is 1. The number of benzene rings is 2. The lowest BCUT2D eigenvalue weighted by Crippen LogP contribution is -2.43. The molecule has 1 saturated carbocycles. The molecule has 1 amide bonds. The van der Waals surface area contributed by atoms with Crippen LogP contribution in [0.4, 0.5) is 0 Å². The molecule has 1 N–H and O–H groups in total. The summed E-state index contributed by atoms with van der Waals surface area (Å²) in [5.74, 6) is 0.653. The summed E-state index contributed by atoms with van der Waals surface area (Å²) in [6.45, 7) is 3.51. The first-order valence-electron chi connectivity index (χ1n) is 11.9. The fourth-order valence-electron chi connectivity index (χ4n) is 4.63. The molecule has 1 aliphatic carbocycles. The molecule has 1 unspecified atom stereocenters. The van der Waals surface area contributed by atoms with Crippen molar-refractivity contribution in [3.63, 3.8) is 0 Å². The number of morpholine rings is 1. The number of rotatable bonds is 8. The molecule has 0 radical (unpaired) electrons. The number of fused-ring (bicyclic) bond motifs is 1. The summed E-state index contributed by atoms with van der Waals surface area (Å²) in [6, 6.07) is 15.5. The zero-order chi connectivity index (χ0) is 23.5. The molecule has 7 nitrogen and oxygen atoms in total. The molecule has 0 bridgehead atoms. The number of carbonyl (C=O) groups is 1. The standard InChI is InChI=1S/C26H29ClN4O3/c27-19-7-5-18(6-8-19)23(30-13-15-34-16-14-30)17-28-25(32)12-11-24-29-22-4-2-1-3-21(22)26(33)31(24)20-9-10-20/h1-8,20,23H,9-17H2,(H,28,32). The highest BCUT2D eigenvalue weighted by Gasteiger charge is 2.28. The Bertz CT molecular complexity index is 1220. The highest BCUT2D eigenvalue weighted by atomic mass is 35.5. The highest BCUT2D eigenvalue weighted by Crippen LogP contribution is 2.35. The second-order valence-electron chi connectivity index (χ2n) is 8.97. The summed E-state index contributed by atoms with van der Waals surface area (Å²) >= 11 is 6.08. The van der Waals surface area contributed by atoms with E-state index in [0.29, 0.717) is 47.9 Å². The third-order valence-corrected chi connectivity index (χ3v) is 6.85. The van der Waals surface area contributed by atoms with E-state index < -0.39 is 0 Å². The van der Waals surface area contributed by atoms with Crippen molar-refractivity contribution in [1.82, 2.24) is 19.8 Å². The molecule has 2 heterocycles. The predicted octanol–water partition coefficient (Wildman–Crippen LogP) is 3.51. The Morgan fingerprint density at radius 1 is 1.12 bits per heavy atom. The first-order valence-corrected chi connectivity index (χ1v) is 12.3. The van der Waals surface area contributed by atoms with Crippen molar-refractivity contribution >= 4 is 28.4 Å². The van der Waals surface area contributed by atoms with Crippen molar-refractivity contribution in [3.8, 4) is 0 Å². The van der Waals surface area contributed by atoms with Crippen LogP contribution in [0, 0.1) is 0 Å². The number of amides is 1. The van der Waals surface area contributed by atoms with Gasteiger partial charge in [-0.05, 0) is 42.7 Å². The van der Waals surface area contributed by atoms with Crippen LogP contribution in [0.2, 0.25) is 5.02 Å². The van der Waals surface area contributed by atoms with Crippen LogP contribution >= 0.6 is 11.6 Å². The molecule has 2 aliphatic rings. The summed E-state index contributed by atoms with van der Waals surface area (Å²) in [7, 11) is 0. The maximum Gasteiger partial charge on any atom is 0.261 e.